The molecule has 0 aliphatic carbocycles. The summed E-state index contributed by atoms with van der Waals surface area (Å²) in [6.07, 6.45) is 0. The topological polar surface area (TPSA) is 50.4 Å². The lowest BCUT2D eigenvalue weighted by Gasteiger charge is -2.15. The Morgan fingerprint density at radius 2 is 1.92 bits per heavy atom. The van der Waals surface area contributed by atoms with Crippen molar-refractivity contribution in [2.75, 3.05) is 11.9 Å². The number of ether oxygens (including phenoxy) is 1. The van der Waals surface area contributed by atoms with Gasteiger partial charge in [-0.25, -0.2) is 0 Å². The van der Waals surface area contributed by atoms with Crippen molar-refractivity contribution in [2.24, 2.45) is 0 Å². The van der Waals surface area contributed by atoms with Gasteiger partial charge < -0.3 is 10.1 Å². The zero-order valence-electron chi connectivity index (χ0n) is 15.4. The lowest BCUT2D eigenvalue weighted by Crippen LogP contribution is -2.37. The minimum Gasteiger partial charge on any atom is -0.483 e. The Kier molecular flexibility index (Phi) is 7.00. The monoisotopic (exact) mass is 390 g/mol. The molecule has 2 N–H and O–H groups in total. The SMILES string of the molecule is Cc1cc(C)c(NC(=S)NC(=O)COc2ccccc2C(C)C)c(Cl)c1. The molecule has 6 heteroatoms. The van der Waals surface area contributed by atoms with E-state index >= 15 is 0 Å². The number of anilines is 1. The van der Waals surface area contributed by atoms with Crippen LogP contribution in [-0.4, -0.2) is 17.6 Å². The molecule has 0 bridgehead atoms. The first-order valence-corrected chi connectivity index (χ1v) is 9.16. The Labute approximate surface area is 164 Å². The van der Waals surface area contributed by atoms with Gasteiger partial charge in [0, 0.05) is 0 Å². The molecule has 26 heavy (non-hydrogen) atoms. The highest BCUT2D eigenvalue weighted by Gasteiger charge is 2.12. The van der Waals surface area contributed by atoms with Crippen molar-refractivity contribution in [1.82, 2.24) is 5.32 Å². The zero-order chi connectivity index (χ0) is 19.3. The zero-order valence-corrected chi connectivity index (χ0v) is 16.9. The molecule has 0 saturated carbocycles. The van der Waals surface area contributed by atoms with Crippen LogP contribution in [0.5, 0.6) is 5.75 Å². The van der Waals surface area contributed by atoms with Gasteiger partial charge >= 0.3 is 0 Å². The molecule has 1 amide bonds. The average molecular weight is 391 g/mol. The van der Waals surface area contributed by atoms with Gasteiger partial charge in [0.25, 0.3) is 5.91 Å². The third kappa shape index (κ3) is 5.44. The number of amides is 1. The third-order valence-corrected chi connectivity index (χ3v) is 4.33. The van der Waals surface area contributed by atoms with Crippen molar-refractivity contribution in [2.45, 2.75) is 33.6 Å². The van der Waals surface area contributed by atoms with E-state index in [0.717, 1.165) is 16.7 Å². The second-order valence-corrected chi connectivity index (χ2v) is 7.24. The number of nitrogens with one attached hydrogen (secondary N) is 2. The summed E-state index contributed by atoms with van der Waals surface area (Å²) < 4.78 is 5.65. The van der Waals surface area contributed by atoms with E-state index in [1.807, 2.05) is 50.2 Å². The largest absolute Gasteiger partial charge is 0.483 e. The van der Waals surface area contributed by atoms with Gasteiger partial charge in [0.1, 0.15) is 5.75 Å². The average Bonchev–Trinajstić information content (AvgIpc) is 2.56. The smallest absolute Gasteiger partial charge is 0.264 e. The summed E-state index contributed by atoms with van der Waals surface area (Å²) in [5, 5.41) is 6.33. The Morgan fingerprint density at radius 3 is 2.58 bits per heavy atom. The maximum Gasteiger partial charge on any atom is 0.264 e. The lowest BCUT2D eigenvalue weighted by atomic mass is 10.0. The molecule has 2 aromatic rings. The van der Waals surface area contributed by atoms with Gasteiger partial charge in [0.15, 0.2) is 11.7 Å². The number of hydrogen-bond acceptors (Lipinski definition) is 3. The van der Waals surface area contributed by atoms with Gasteiger partial charge in [0.05, 0.1) is 10.7 Å². The van der Waals surface area contributed by atoms with E-state index in [-0.39, 0.29) is 17.6 Å². The Bertz CT molecular complexity index is 798. The van der Waals surface area contributed by atoms with Crippen molar-refractivity contribution in [1.29, 1.82) is 0 Å². The quantitative estimate of drug-likeness (QED) is 0.707. The lowest BCUT2D eigenvalue weighted by molar-refractivity contribution is -0.121. The number of rotatable bonds is 5. The third-order valence-electron chi connectivity index (χ3n) is 3.82. The number of halogens is 1. The Balaban J connectivity index is 1.93. The fourth-order valence-corrected chi connectivity index (χ4v) is 3.20. The maximum absolute atomic E-state index is 12.1. The molecule has 0 aliphatic rings. The van der Waals surface area contributed by atoms with Gasteiger partial charge in [-0.05, 0) is 60.8 Å². The number of para-hydroxylation sites is 1. The number of thiocarbonyl (C=S) groups is 1. The molecule has 4 nitrogen and oxygen atoms in total. The minimum atomic E-state index is -0.332. The van der Waals surface area contributed by atoms with Gasteiger partial charge in [-0.15, -0.1) is 0 Å². The normalized spacial score (nSPS) is 10.5. The molecule has 0 aromatic heterocycles. The van der Waals surface area contributed by atoms with E-state index in [0.29, 0.717) is 22.4 Å². The molecule has 0 unspecified atom stereocenters. The van der Waals surface area contributed by atoms with Crippen LogP contribution in [0.4, 0.5) is 5.69 Å². The van der Waals surface area contributed by atoms with Crippen molar-refractivity contribution < 1.29 is 9.53 Å². The molecule has 0 aliphatic heterocycles. The van der Waals surface area contributed by atoms with Gasteiger partial charge in [-0.3, -0.25) is 10.1 Å². The number of hydrogen-bond donors (Lipinski definition) is 2. The van der Waals surface area contributed by atoms with E-state index in [1.165, 1.54) is 0 Å². The van der Waals surface area contributed by atoms with Crippen LogP contribution in [0, 0.1) is 13.8 Å². The highest BCUT2D eigenvalue weighted by Crippen LogP contribution is 2.27. The number of benzene rings is 2. The highest BCUT2D eigenvalue weighted by atomic mass is 35.5. The van der Waals surface area contributed by atoms with Gasteiger partial charge in [-0.2, -0.15) is 0 Å². The fraction of sp³-hybridized carbons (Fsp3) is 0.300. The summed E-state index contributed by atoms with van der Waals surface area (Å²) in [5.41, 5.74) is 3.76. The van der Waals surface area contributed by atoms with Crippen molar-refractivity contribution in [3.8, 4) is 5.75 Å². The highest BCUT2D eigenvalue weighted by molar-refractivity contribution is 7.80. The first kappa shape index (κ1) is 20.2. The van der Waals surface area contributed by atoms with E-state index in [4.69, 9.17) is 28.6 Å². The summed E-state index contributed by atoms with van der Waals surface area (Å²) in [6.45, 7) is 7.93. The number of carbonyl (C=O) groups excluding carboxylic acids is 1. The van der Waals surface area contributed by atoms with E-state index in [1.54, 1.807) is 0 Å². The van der Waals surface area contributed by atoms with Crippen LogP contribution in [0.15, 0.2) is 36.4 Å². The van der Waals surface area contributed by atoms with Crippen LogP contribution in [0.1, 0.15) is 36.5 Å². The Morgan fingerprint density at radius 1 is 1.23 bits per heavy atom. The van der Waals surface area contributed by atoms with Crippen molar-refractivity contribution >= 4 is 40.5 Å². The second kappa shape index (κ2) is 9.01. The van der Waals surface area contributed by atoms with Crippen LogP contribution < -0.4 is 15.4 Å². The van der Waals surface area contributed by atoms with Crippen molar-refractivity contribution in [3.05, 3.63) is 58.1 Å². The van der Waals surface area contributed by atoms with Crippen LogP contribution in [0.3, 0.4) is 0 Å². The fourth-order valence-electron chi connectivity index (χ4n) is 2.61. The summed E-state index contributed by atoms with van der Waals surface area (Å²) in [7, 11) is 0. The molecule has 0 saturated heterocycles. The van der Waals surface area contributed by atoms with Gasteiger partial charge in [0.2, 0.25) is 0 Å². The first-order chi connectivity index (χ1) is 12.3. The molecule has 0 spiro atoms. The molecular weight excluding hydrogens is 368 g/mol. The molecule has 0 radical (unpaired) electrons. The Hall–Kier alpha value is -2.11. The summed E-state index contributed by atoms with van der Waals surface area (Å²) in [5.74, 6) is 0.680. The predicted octanol–water partition coefficient (Wildman–Crippen LogP) is 4.97. The molecular formula is C20H23ClN2O2S. The van der Waals surface area contributed by atoms with Gasteiger partial charge in [-0.1, -0.05) is 49.7 Å². The van der Waals surface area contributed by atoms with Crippen LogP contribution in [0.2, 0.25) is 5.02 Å². The maximum atomic E-state index is 12.1. The van der Waals surface area contributed by atoms with Crippen LogP contribution in [-0.2, 0) is 4.79 Å². The molecule has 2 aromatic carbocycles. The second-order valence-electron chi connectivity index (χ2n) is 6.42. The predicted molar refractivity (Wildman–Crippen MR) is 111 cm³/mol. The minimum absolute atomic E-state index is 0.119. The van der Waals surface area contributed by atoms with Crippen molar-refractivity contribution in [3.63, 3.8) is 0 Å². The number of carbonyl (C=O) groups is 1. The van der Waals surface area contributed by atoms with E-state index in [9.17, 15) is 4.79 Å². The van der Waals surface area contributed by atoms with E-state index < -0.39 is 0 Å². The molecule has 138 valence electrons. The summed E-state index contributed by atoms with van der Waals surface area (Å²) >= 11 is 11.4. The molecule has 0 heterocycles. The van der Waals surface area contributed by atoms with Crippen LogP contribution in [0.25, 0.3) is 0 Å². The molecule has 0 atom stereocenters. The standard InChI is InChI=1S/C20H23ClN2O2S/c1-12(2)15-7-5-6-8-17(15)25-11-18(24)22-20(26)23-19-14(4)9-13(3)10-16(19)21/h5-10,12H,11H2,1-4H3,(H2,22,23,24,26). The summed E-state index contributed by atoms with van der Waals surface area (Å²) in [6, 6.07) is 11.5. The first-order valence-electron chi connectivity index (χ1n) is 8.37. The molecule has 0 fully saturated rings. The molecule has 2 rings (SSSR count). The van der Waals surface area contributed by atoms with Crippen LogP contribution >= 0.6 is 23.8 Å². The van der Waals surface area contributed by atoms with E-state index in [2.05, 4.69) is 24.5 Å². The summed E-state index contributed by atoms with van der Waals surface area (Å²) in [4.78, 5) is 12.1. The number of aryl methyl sites for hydroxylation is 2.